The molecule has 1 aromatic heterocycles. The first-order chi connectivity index (χ1) is 8.11. The van der Waals surface area contributed by atoms with Crippen LogP contribution in [0.1, 0.15) is 36.7 Å². The molecule has 1 aliphatic rings. The van der Waals surface area contributed by atoms with Gasteiger partial charge in [-0.2, -0.15) is 0 Å². The fourth-order valence-electron chi connectivity index (χ4n) is 2.34. The van der Waals surface area contributed by atoms with Gasteiger partial charge in [-0.3, -0.25) is 4.79 Å². The van der Waals surface area contributed by atoms with Crippen molar-refractivity contribution >= 4 is 17.5 Å². The van der Waals surface area contributed by atoms with E-state index in [1.807, 2.05) is 11.5 Å². The van der Waals surface area contributed by atoms with Crippen LogP contribution in [-0.2, 0) is 6.54 Å². The van der Waals surface area contributed by atoms with Gasteiger partial charge in [0.25, 0.3) is 5.91 Å². The van der Waals surface area contributed by atoms with Gasteiger partial charge in [-0.15, -0.1) is 0 Å². The second-order valence-electron chi connectivity index (χ2n) is 4.50. The average Bonchev–Trinajstić information content (AvgIpc) is 2.85. The minimum atomic E-state index is -0.0823. The van der Waals surface area contributed by atoms with E-state index in [9.17, 15) is 4.79 Å². The number of nitrogens with two attached hydrogens (primary N) is 1. The third-order valence-electron chi connectivity index (χ3n) is 3.32. The fourth-order valence-corrected chi connectivity index (χ4v) is 2.56. The highest BCUT2D eigenvalue weighted by molar-refractivity contribution is 6.31. The molecule has 4 nitrogen and oxygen atoms in total. The van der Waals surface area contributed by atoms with Gasteiger partial charge >= 0.3 is 0 Å². The number of carbonyl (C=O) groups excluding carboxylic acids is 1. The van der Waals surface area contributed by atoms with Crippen molar-refractivity contribution < 1.29 is 4.79 Å². The molecule has 1 fully saturated rings. The lowest BCUT2D eigenvalue weighted by Crippen LogP contribution is -2.44. The van der Waals surface area contributed by atoms with E-state index in [4.69, 9.17) is 17.3 Å². The number of nitrogens with one attached hydrogen (secondary N) is 1. The van der Waals surface area contributed by atoms with Crippen molar-refractivity contribution in [3.05, 3.63) is 23.0 Å². The second-order valence-corrected chi connectivity index (χ2v) is 4.94. The summed E-state index contributed by atoms with van der Waals surface area (Å²) >= 11 is 5.91. The summed E-state index contributed by atoms with van der Waals surface area (Å²) in [5.41, 5.74) is 6.54. The molecule has 0 radical (unpaired) electrons. The molecule has 0 spiro atoms. The molecular weight excluding hydrogens is 238 g/mol. The van der Waals surface area contributed by atoms with E-state index in [1.54, 1.807) is 12.3 Å². The van der Waals surface area contributed by atoms with Gasteiger partial charge in [-0.05, 0) is 32.3 Å². The number of hydrogen-bond donors (Lipinski definition) is 2. The Morgan fingerprint density at radius 3 is 3.00 bits per heavy atom. The number of aryl methyl sites for hydroxylation is 1. The van der Waals surface area contributed by atoms with Crippen molar-refractivity contribution in [2.45, 2.75) is 44.8 Å². The SMILES string of the molecule is CCn1cc(Cl)cc1C(=O)NC1CCCC1N. The van der Waals surface area contributed by atoms with E-state index in [2.05, 4.69) is 5.32 Å². The first kappa shape index (κ1) is 12.5. The van der Waals surface area contributed by atoms with Gasteiger partial charge in [0, 0.05) is 24.8 Å². The Bertz CT molecular complexity index is 416. The molecule has 3 N–H and O–H groups in total. The second kappa shape index (κ2) is 5.10. The average molecular weight is 256 g/mol. The molecule has 0 aromatic carbocycles. The minimum Gasteiger partial charge on any atom is -0.346 e. The molecule has 1 amide bonds. The Labute approximate surface area is 106 Å². The van der Waals surface area contributed by atoms with Crippen molar-refractivity contribution in [1.82, 2.24) is 9.88 Å². The summed E-state index contributed by atoms with van der Waals surface area (Å²) in [4.78, 5) is 12.1. The monoisotopic (exact) mass is 255 g/mol. The van der Waals surface area contributed by atoms with Gasteiger partial charge in [-0.1, -0.05) is 11.6 Å². The summed E-state index contributed by atoms with van der Waals surface area (Å²) in [6.45, 7) is 2.71. The summed E-state index contributed by atoms with van der Waals surface area (Å²) in [5, 5.41) is 3.58. The third kappa shape index (κ3) is 2.64. The summed E-state index contributed by atoms with van der Waals surface area (Å²) in [5.74, 6) is -0.0823. The quantitative estimate of drug-likeness (QED) is 0.865. The highest BCUT2D eigenvalue weighted by Gasteiger charge is 2.26. The summed E-state index contributed by atoms with van der Waals surface area (Å²) < 4.78 is 1.85. The van der Waals surface area contributed by atoms with Crippen molar-refractivity contribution in [3.63, 3.8) is 0 Å². The molecule has 5 heteroatoms. The predicted molar refractivity (Wildman–Crippen MR) is 68.2 cm³/mol. The zero-order chi connectivity index (χ0) is 12.4. The number of nitrogens with zero attached hydrogens (tertiary/aromatic N) is 1. The molecule has 0 aliphatic heterocycles. The maximum Gasteiger partial charge on any atom is 0.268 e. The van der Waals surface area contributed by atoms with Crippen LogP contribution in [0.3, 0.4) is 0 Å². The van der Waals surface area contributed by atoms with Crippen LogP contribution >= 0.6 is 11.6 Å². The summed E-state index contributed by atoms with van der Waals surface area (Å²) in [7, 11) is 0. The highest BCUT2D eigenvalue weighted by Crippen LogP contribution is 2.19. The van der Waals surface area contributed by atoms with Gasteiger partial charge in [0.15, 0.2) is 0 Å². The number of halogens is 1. The molecule has 94 valence electrons. The lowest BCUT2D eigenvalue weighted by Gasteiger charge is -2.17. The van der Waals surface area contributed by atoms with Gasteiger partial charge in [-0.25, -0.2) is 0 Å². The summed E-state index contributed by atoms with van der Waals surface area (Å²) in [6, 6.07) is 1.88. The largest absolute Gasteiger partial charge is 0.346 e. The molecule has 1 aromatic rings. The van der Waals surface area contributed by atoms with Gasteiger partial charge in [0.05, 0.1) is 5.02 Å². The van der Waals surface area contributed by atoms with E-state index in [1.165, 1.54) is 0 Å². The maximum atomic E-state index is 12.1. The Morgan fingerprint density at radius 1 is 1.65 bits per heavy atom. The van der Waals surface area contributed by atoms with Gasteiger partial charge in [0.2, 0.25) is 0 Å². The van der Waals surface area contributed by atoms with Crippen LogP contribution in [0.4, 0.5) is 0 Å². The first-order valence-corrected chi connectivity index (χ1v) is 6.41. The van der Waals surface area contributed by atoms with Crippen LogP contribution in [0.2, 0.25) is 5.02 Å². The molecule has 1 aliphatic carbocycles. The molecule has 2 rings (SSSR count). The van der Waals surface area contributed by atoms with E-state index in [-0.39, 0.29) is 18.0 Å². The lowest BCUT2D eigenvalue weighted by molar-refractivity contribution is 0.0925. The Kier molecular flexibility index (Phi) is 3.74. The highest BCUT2D eigenvalue weighted by atomic mass is 35.5. The molecule has 1 heterocycles. The third-order valence-corrected chi connectivity index (χ3v) is 3.53. The molecular formula is C12H18ClN3O. The first-order valence-electron chi connectivity index (χ1n) is 6.04. The Balaban J connectivity index is 2.08. The zero-order valence-corrected chi connectivity index (χ0v) is 10.7. The minimum absolute atomic E-state index is 0.0823. The van der Waals surface area contributed by atoms with E-state index in [0.717, 1.165) is 25.8 Å². The number of amides is 1. The van der Waals surface area contributed by atoms with Crippen molar-refractivity contribution in [1.29, 1.82) is 0 Å². The normalized spacial score (nSPS) is 23.9. The van der Waals surface area contributed by atoms with Crippen LogP contribution in [0.15, 0.2) is 12.3 Å². The van der Waals surface area contributed by atoms with Crippen LogP contribution in [0, 0.1) is 0 Å². The topological polar surface area (TPSA) is 60.0 Å². The number of aromatic nitrogens is 1. The van der Waals surface area contributed by atoms with E-state index in [0.29, 0.717) is 10.7 Å². The number of rotatable bonds is 3. The van der Waals surface area contributed by atoms with Crippen molar-refractivity contribution in [2.75, 3.05) is 0 Å². The zero-order valence-electron chi connectivity index (χ0n) is 9.95. The fraction of sp³-hybridized carbons (Fsp3) is 0.583. The maximum absolute atomic E-state index is 12.1. The Morgan fingerprint density at radius 2 is 2.41 bits per heavy atom. The van der Waals surface area contributed by atoms with E-state index < -0.39 is 0 Å². The number of hydrogen-bond acceptors (Lipinski definition) is 2. The van der Waals surface area contributed by atoms with Gasteiger partial charge < -0.3 is 15.6 Å². The van der Waals surface area contributed by atoms with Crippen LogP contribution in [0.5, 0.6) is 0 Å². The molecule has 0 bridgehead atoms. The molecule has 2 unspecified atom stereocenters. The van der Waals surface area contributed by atoms with Crippen LogP contribution in [0.25, 0.3) is 0 Å². The van der Waals surface area contributed by atoms with Crippen LogP contribution < -0.4 is 11.1 Å². The molecule has 17 heavy (non-hydrogen) atoms. The van der Waals surface area contributed by atoms with Crippen LogP contribution in [-0.4, -0.2) is 22.6 Å². The van der Waals surface area contributed by atoms with Crippen molar-refractivity contribution in [3.8, 4) is 0 Å². The van der Waals surface area contributed by atoms with Gasteiger partial charge in [0.1, 0.15) is 5.69 Å². The smallest absolute Gasteiger partial charge is 0.268 e. The number of carbonyl (C=O) groups is 1. The molecule has 0 saturated heterocycles. The molecule has 1 saturated carbocycles. The standard InChI is InChI=1S/C12H18ClN3O/c1-2-16-7-8(13)6-11(16)12(17)15-10-5-3-4-9(10)14/h6-7,9-10H,2-5,14H2,1H3,(H,15,17). The van der Waals surface area contributed by atoms with E-state index >= 15 is 0 Å². The Hall–Kier alpha value is -1.00. The predicted octanol–water partition coefficient (Wildman–Crippen LogP) is 1.77. The van der Waals surface area contributed by atoms with Crippen molar-refractivity contribution in [2.24, 2.45) is 5.73 Å². The lowest BCUT2D eigenvalue weighted by atomic mass is 10.2. The summed E-state index contributed by atoms with van der Waals surface area (Å²) in [6.07, 6.45) is 4.81. The molecule has 2 atom stereocenters.